The minimum atomic E-state index is -0.168. The molecule has 0 radical (unpaired) electrons. The molecule has 0 saturated carbocycles. The Balaban J connectivity index is 2.41. The number of nitrogens with two attached hydrogens (primary N) is 1. The molecular formula is C8H13N3O2S. The number of aromatic amines is 1. The zero-order valence-corrected chi connectivity index (χ0v) is 8.46. The van der Waals surface area contributed by atoms with Gasteiger partial charge in [-0.25, -0.2) is 4.98 Å². The van der Waals surface area contributed by atoms with Gasteiger partial charge in [0.2, 0.25) is 0 Å². The molecule has 6 heteroatoms. The second-order valence-electron chi connectivity index (χ2n) is 2.82. The summed E-state index contributed by atoms with van der Waals surface area (Å²) in [4.78, 5) is 17.4. The van der Waals surface area contributed by atoms with Gasteiger partial charge in [-0.3, -0.25) is 4.79 Å². The first-order chi connectivity index (χ1) is 6.72. The third kappa shape index (κ3) is 3.91. The Labute approximate surface area is 85.7 Å². The maximum absolute atomic E-state index is 10.9. The summed E-state index contributed by atoms with van der Waals surface area (Å²) < 4.78 is 0. The molecule has 1 aromatic heterocycles. The number of nitrogens with one attached hydrogen (secondary N) is 1. The van der Waals surface area contributed by atoms with Crippen LogP contribution in [0, 0.1) is 0 Å². The number of thioether (sulfide) groups is 1. The van der Waals surface area contributed by atoms with Crippen molar-refractivity contribution >= 4 is 11.8 Å². The van der Waals surface area contributed by atoms with Crippen LogP contribution in [0.3, 0.4) is 0 Å². The first kappa shape index (κ1) is 11.2. The van der Waals surface area contributed by atoms with Crippen molar-refractivity contribution in [2.75, 3.05) is 12.4 Å². The van der Waals surface area contributed by atoms with Gasteiger partial charge >= 0.3 is 0 Å². The van der Waals surface area contributed by atoms with E-state index < -0.39 is 0 Å². The molecule has 0 fully saturated rings. The first-order valence-corrected chi connectivity index (χ1v) is 5.25. The Morgan fingerprint density at radius 1 is 1.71 bits per heavy atom. The van der Waals surface area contributed by atoms with E-state index in [9.17, 15) is 4.79 Å². The van der Waals surface area contributed by atoms with Gasteiger partial charge in [-0.2, -0.15) is 0 Å². The van der Waals surface area contributed by atoms with Gasteiger partial charge in [0.15, 0.2) is 5.16 Å². The zero-order chi connectivity index (χ0) is 10.4. The molecule has 0 amide bonds. The second-order valence-corrected chi connectivity index (χ2v) is 3.83. The lowest BCUT2D eigenvalue weighted by Crippen LogP contribution is -2.24. The third-order valence-electron chi connectivity index (χ3n) is 1.58. The van der Waals surface area contributed by atoms with Crippen molar-refractivity contribution in [2.45, 2.75) is 17.6 Å². The molecule has 0 aromatic carbocycles. The molecule has 1 heterocycles. The molecule has 0 saturated heterocycles. The second kappa shape index (κ2) is 5.79. The molecule has 0 aliphatic heterocycles. The molecule has 78 valence electrons. The van der Waals surface area contributed by atoms with Crippen LogP contribution >= 0.6 is 11.8 Å². The molecule has 1 atom stereocenters. The highest BCUT2D eigenvalue weighted by Gasteiger charge is 2.03. The first-order valence-electron chi connectivity index (χ1n) is 4.27. The van der Waals surface area contributed by atoms with Gasteiger partial charge in [0, 0.05) is 30.7 Å². The number of aromatic nitrogens is 2. The quantitative estimate of drug-likeness (QED) is 0.458. The number of hydrogen-bond donors (Lipinski definition) is 3. The normalized spacial score (nSPS) is 12.7. The van der Waals surface area contributed by atoms with Crippen LogP contribution in [0.15, 0.2) is 22.2 Å². The fourth-order valence-electron chi connectivity index (χ4n) is 0.860. The van der Waals surface area contributed by atoms with E-state index in [1.54, 1.807) is 0 Å². The summed E-state index contributed by atoms with van der Waals surface area (Å²) in [6.45, 7) is 0.0838. The summed E-state index contributed by atoms with van der Waals surface area (Å²) >= 11 is 1.38. The molecule has 0 spiro atoms. The number of nitrogens with zero attached hydrogens (tertiary/aromatic N) is 1. The standard InChI is InChI=1S/C8H13N3O2S/c9-6(2-4-12)5-14-8-10-3-1-7(13)11-8/h1,3,6,12H,2,4-5,9H2,(H,10,11,13). The predicted molar refractivity (Wildman–Crippen MR) is 55.3 cm³/mol. The Kier molecular flexibility index (Phi) is 4.64. The average molecular weight is 215 g/mol. The summed E-state index contributed by atoms with van der Waals surface area (Å²) in [6.07, 6.45) is 2.02. The van der Waals surface area contributed by atoms with Crippen molar-refractivity contribution in [3.05, 3.63) is 22.6 Å². The number of aliphatic hydroxyl groups is 1. The van der Waals surface area contributed by atoms with Gasteiger partial charge in [0.1, 0.15) is 0 Å². The molecule has 0 aliphatic rings. The smallest absolute Gasteiger partial charge is 0.251 e. The summed E-state index contributed by atoms with van der Waals surface area (Å²) in [5.74, 6) is 0.632. The fourth-order valence-corrected chi connectivity index (χ4v) is 1.71. The van der Waals surface area contributed by atoms with Crippen LogP contribution in [-0.2, 0) is 0 Å². The van der Waals surface area contributed by atoms with Gasteiger partial charge in [0.05, 0.1) is 0 Å². The van der Waals surface area contributed by atoms with E-state index in [1.807, 2.05) is 0 Å². The maximum Gasteiger partial charge on any atom is 0.251 e. The fraction of sp³-hybridized carbons (Fsp3) is 0.500. The summed E-state index contributed by atoms with van der Waals surface area (Å²) in [6, 6.07) is 1.29. The van der Waals surface area contributed by atoms with Crippen LogP contribution in [-0.4, -0.2) is 33.5 Å². The molecule has 1 rings (SSSR count). The molecule has 14 heavy (non-hydrogen) atoms. The van der Waals surface area contributed by atoms with Crippen molar-refractivity contribution in [3.8, 4) is 0 Å². The average Bonchev–Trinajstić information content (AvgIpc) is 2.15. The molecule has 1 unspecified atom stereocenters. The lowest BCUT2D eigenvalue weighted by Gasteiger charge is -2.07. The van der Waals surface area contributed by atoms with Crippen LogP contribution < -0.4 is 11.3 Å². The Hall–Kier alpha value is -0.850. The summed E-state index contributed by atoms with van der Waals surface area (Å²) in [5, 5.41) is 9.18. The lowest BCUT2D eigenvalue weighted by molar-refractivity contribution is 0.279. The van der Waals surface area contributed by atoms with Crippen LogP contribution in [0.5, 0.6) is 0 Å². The van der Waals surface area contributed by atoms with E-state index in [-0.39, 0.29) is 18.2 Å². The van der Waals surface area contributed by atoms with Crippen molar-refractivity contribution < 1.29 is 5.11 Å². The van der Waals surface area contributed by atoms with Crippen molar-refractivity contribution in [2.24, 2.45) is 5.73 Å². The minimum absolute atomic E-state index is 0.0736. The monoisotopic (exact) mass is 215 g/mol. The SMILES string of the molecule is NC(CCO)CSc1nccc(=O)[nH]1. The van der Waals surface area contributed by atoms with E-state index in [0.29, 0.717) is 17.3 Å². The van der Waals surface area contributed by atoms with E-state index in [2.05, 4.69) is 9.97 Å². The predicted octanol–water partition coefficient (Wildman–Crippen LogP) is -0.428. The highest BCUT2D eigenvalue weighted by atomic mass is 32.2. The largest absolute Gasteiger partial charge is 0.396 e. The van der Waals surface area contributed by atoms with Crippen molar-refractivity contribution in [3.63, 3.8) is 0 Å². The van der Waals surface area contributed by atoms with E-state index >= 15 is 0 Å². The van der Waals surface area contributed by atoms with Gasteiger partial charge in [-0.05, 0) is 6.42 Å². The van der Waals surface area contributed by atoms with Crippen molar-refractivity contribution in [1.82, 2.24) is 9.97 Å². The molecule has 0 bridgehead atoms. The zero-order valence-electron chi connectivity index (χ0n) is 7.64. The number of H-pyrrole nitrogens is 1. The van der Waals surface area contributed by atoms with Crippen LogP contribution in [0.25, 0.3) is 0 Å². The van der Waals surface area contributed by atoms with Crippen LogP contribution in [0.1, 0.15) is 6.42 Å². The topological polar surface area (TPSA) is 92.0 Å². The third-order valence-corrected chi connectivity index (χ3v) is 2.66. The van der Waals surface area contributed by atoms with E-state index in [4.69, 9.17) is 10.8 Å². The van der Waals surface area contributed by atoms with Gasteiger partial charge in [0.25, 0.3) is 5.56 Å². The van der Waals surface area contributed by atoms with Gasteiger partial charge in [-0.15, -0.1) is 0 Å². The van der Waals surface area contributed by atoms with Crippen molar-refractivity contribution in [1.29, 1.82) is 0 Å². The molecule has 1 aromatic rings. The Morgan fingerprint density at radius 3 is 3.14 bits per heavy atom. The summed E-state index contributed by atoms with van der Waals surface area (Å²) in [5.41, 5.74) is 5.50. The highest BCUT2D eigenvalue weighted by molar-refractivity contribution is 7.99. The molecular weight excluding hydrogens is 202 g/mol. The molecule has 4 N–H and O–H groups in total. The van der Waals surface area contributed by atoms with Crippen LogP contribution in [0.4, 0.5) is 0 Å². The van der Waals surface area contributed by atoms with E-state index in [0.717, 1.165) is 0 Å². The van der Waals surface area contributed by atoms with Gasteiger partial charge < -0.3 is 15.8 Å². The number of aliphatic hydroxyl groups excluding tert-OH is 1. The van der Waals surface area contributed by atoms with Crippen LogP contribution in [0.2, 0.25) is 0 Å². The maximum atomic E-state index is 10.9. The Bertz CT molecular complexity index is 328. The van der Waals surface area contributed by atoms with E-state index in [1.165, 1.54) is 24.0 Å². The molecule has 5 nitrogen and oxygen atoms in total. The summed E-state index contributed by atoms with van der Waals surface area (Å²) in [7, 11) is 0. The van der Waals surface area contributed by atoms with Gasteiger partial charge in [-0.1, -0.05) is 11.8 Å². The molecule has 0 aliphatic carbocycles. The Morgan fingerprint density at radius 2 is 2.50 bits per heavy atom. The number of hydrogen-bond acceptors (Lipinski definition) is 5. The highest BCUT2D eigenvalue weighted by Crippen LogP contribution is 2.11. The minimum Gasteiger partial charge on any atom is -0.396 e. The number of rotatable bonds is 5. The lowest BCUT2D eigenvalue weighted by atomic mass is 10.3.